The normalized spacial score (nSPS) is 11.3. The molecule has 0 amide bonds. The topological polar surface area (TPSA) is 114 Å². The minimum absolute atomic E-state index is 0.0296. The van der Waals surface area contributed by atoms with Crippen LogP contribution in [0.25, 0.3) is 5.69 Å². The van der Waals surface area contributed by atoms with Crippen molar-refractivity contribution in [3.63, 3.8) is 0 Å². The average molecular weight is 456 g/mol. The number of carbonyl (C=O) groups excluding carboxylic acids is 1. The van der Waals surface area contributed by atoms with Gasteiger partial charge in [0.15, 0.2) is 11.4 Å². The van der Waals surface area contributed by atoms with Gasteiger partial charge in [-0.05, 0) is 31.2 Å². The van der Waals surface area contributed by atoms with Crippen molar-refractivity contribution in [3.05, 3.63) is 63.9 Å². The number of hydrogen-bond donors (Lipinski definition) is 1. The molecular weight excluding hydrogens is 441 g/mol. The maximum Gasteiger partial charge on any atom is 0.364 e. The van der Waals surface area contributed by atoms with E-state index in [0.717, 1.165) is 0 Å². The van der Waals surface area contributed by atoms with Crippen LogP contribution in [0.3, 0.4) is 0 Å². The van der Waals surface area contributed by atoms with Gasteiger partial charge < -0.3 is 9.47 Å². The summed E-state index contributed by atoms with van der Waals surface area (Å²) in [6.07, 6.45) is 1.61. The highest BCUT2D eigenvalue weighted by Crippen LogP contribution is 2.36. The van der Waals surface area contributed by atoms with Crippen molar-refractivity contribution in [1.82, 2.24) is 9.78 Å². The van der Waals surface area contributed by atoms with Crippen molar-refractivity contribution < 1.29 is 22.7 Å². The van der Waals surface area contributed by atoms with Crippen molar-refractivity contribution >= 4 is 39.2 Å². The SMILES string of the molecule is COc1c(Cl)cc(OC(=O)c2nn(-c3ccc(S(N)(=O)=O)cc3)cc2C)cc1Cl. The van der Waals surface area contributed by atoms with E-state index in [1.54, 1.807) is 13.1 Å². The van der Waals surface area contributed by atoms with Crippen LogP contribution in [-0.2, 0) is 10.0 Å². The van der Waals surface area contributed by atoms with Crippen LogP contribution < -0.4 is 14.6 Å². The number of methoxy groups -OCH3 is 1. The number of benzene rings is 2. The molecule has 29 heavy (non-hydrogen) atoms. The Bertz CT molecular complexity index is 1170. The van der Waals surface area contributed by atoms with Crippen LogP contribution >= 0.6 is 23.2 Å². The number of primary sulfonamides is 1. The Morgan fingerprint density at radius 1 is 1.14 bits per heavy atom. The Hall–Kier alpha value is -2.59. The van der Waals surface area contributed by atoms with Gasteiger partial charge in [0.05, 0.1) is 27.7 Å². The number of ether oxygens (including phenoxy) is 2. The molecule has 2 aromatic carbocycles. The van der Waals surface area contributed by atoms with Gasteiger partial charge >= 0.3 is 5.97 Å². The molecule has 1 aromatic heterocycles. The van der Waals surface area contributed by atoms with E-state index in [1.807, 2.05) is 0 Å². The molecule has 3 rings (SSSR count). The second kappa shape index (κ2) is 8.03. The molecule has 0 radical (unpaired) electrons. The second-order valence-electron chi connectivity index (χ2n) is 5.95. The predicted molar refractivity (Wildman–Crippen MR) is 108 cm³/mol. The minimum Gasteiger partial charge on any atom is -0.494 e. The predicted octanol–water partition coefficient (Wildman–Crippen LogP) is 3.36. The highest BCUT2D eigenvalue weighted by molar-refractivity contribution is 7.89. The molecule has 0 bridgehead atoms. The molecule has 1 heterocycles. The van der Waals surface area contributed by atoms with Gasteiger partial charge in [0, 0.05) is 23.9 Å². The zero-order valence-electron chi connectivity index (χ0n) is 15.2. The zero-order chi connectivity index (χ0) is 21.3. The molecule has 0 aliphatic rings. The summed E-state index contributed by atoms with van der Waals surface area (Å²) < 4.78 is 34.5. The molecule has 0 aliphatic carbocycles. The molecule has 0 unspecified atom stereocenters. The van der Waals surface area contributed by atoms with E-state index in [-0.39, 0.29) is 32.1 Å². The maximum atomic E-state index is 12.5. The summed E-state index contributed by atoms with van der Waals surface area (Å²) in [5.41, 5.74) is 1.16. The molecule has 0 spiro atoms. The highest BCUT2D eigenvalue weighted by atomic mass is 35.5. The van der Waals surface area contributed by atoms with Crippen LogP contribution in [0.15, 0.2) is 47.5 Å². The first kappa shape index (κ1) is 21.1. The first-order valence-corrected chi connectivity index (χ1v) is 10.3. The lowest BCUT2D eigenvalue weighted by Crippen LogP contribution is -2.12. The average Bonchev–Trinajstić information content (AvgIpc) is 3.03. The molecule has 3 aromatic rings. The van der Waals surface area contributed by atoms with Crippen LogP contribution in [-0.4, -0.2) is 31.3 Å². The van der Waals surface area contributed by atoms with Gasteiger partial charge in [-0.25, -0.2) is 23.0 Å². The molecule has 11 heteroatoms. The monoisotopic (exact) mass is 455 g/mol. The molecule has 2 N–H and O–H groups in total. The summed E-state index contributed by atoms with van der Waals surface area (Å²) in [4.78, 5) is 12.5. The van der Waals surface area contributed by atoms with Crippen molar-refractivity contribution in [1.29, 1.82) is 0 Å². The zero-order valence-corrected chi connectivity index (χ0v) is 17.5. The molecule has 8 nitrogen and oxygen atoms in total. The van der Waals surface area contributed by atoms with E-state index >= 15 is 0 Å². The van der Waals surface area contributed by atoms with Gasteiger partial charge in [0.1, 0.15) is 5.75 Å². The van der Waals surface area contributed by atoms with Gasteiger partial charge in [-0.3, -0.25) is 0 Å². The number of aryl methyl sites for hydroxylation is 1. The number of nitrogens with two attached hydrogens (primary N) is 1. The van der Waals surface area contributed by atoms with Crippen molar-refractivity contribution in [2.24, 2.45) is 5.14 Å². The maximum absolute atomic E-state index is 12.5. The molecule has 0 saturated carbocycles. The lowest BCUT2D eigenvalue weighted by Gasteiger charge is -2.09. The van der Waals surface area contributed by atoms with Crippen LogP contribution in [0.4, 0.5) is 0 Å². The molecule has 152 valence electrons. The van der Waals surface area contributed by atoms with Gasteiger partial charge in [-0.1, -0.05) is 23.2 Å². The van der Waals surface area contributed by atoms with Crippen LogP contribution in [0.5, 0.6) is 11.5 Å². The third-order valence-electron chi connectivity index (χ3n) is 3.91. The molecule has 0 atom stereocenters. The van der Waals surface area contributed by atoms with Crippen LogP contribution in [0.2, 0.25) is 10.0 Å². The Labute approximate surface area is 176 Å². The fourth-order valence-corrected chi connectivity index (χ4v) is 3.67. The first-order chi connectivity index (χ1) is 13.6. The van der Waals surface area contributed by atoms with E-state index in [9.17, 15) is 13.2 Å². The smallest absolute Gasteiger partial charge is 0.364 e. The van der Waals surface area contributed by atoms with Crippen molar-refractivity contribution in [2.75, 3.05) is 7.11 Å². The minimum atomic E-state index is -3.80. The fraction of sp³-hybridized carbons (Fsp3) is 0.111. The largest absolute Gasteiger partial charge is 0.494 e. The van der Waals surface area contributed by atoms with E-state index < -0.39 is 16.0 Å². The summed E-state index contributed by atoms with van der Waals surface area (Å²) >= 11 is 12.1. The van der Waals surface area contributed by atoms with Gasteiger partial charge in [0.25, 0.3) is 0 Å². The summed E-state index contributed by atoms with van der Waals surface area (Å²) in [7, 11) is -2.38. The number of carbonyl (C=O) groups is 1. The highest BCUT2D eigenvalue weighted by Gasteiger charge is 2.19. The van der Waals surface area contributed by atoms with Gasteiger partial charge in [0.2, 0.25) is 10.0 Å². The lowest BCUT2D eigenvalue weighted by molar-refractivity contribution is 0.0727. The number of esters is 1. The number of halogens is 2. The Morgan fingerprint density at radius 2 is 1.72 bits per heavy atom. The quantitative estimate of drug-likeness (QED) is 0.465. The third kappa shape index (κ3) is 4.54. The number of aromatic nitrogens is 2. The number of sulfonamides is 1. The van der Waals surface area contributed by atoms with Crippen LogP contribution in [0.1, 0.15) is 16.1 Å². The third-order valence-corrected chi connectivity index (χ3v) is 5.40. The van der Waals surface area contributed by atoms with E-state index in [2.05, 4.69) is 5.10 Å². The number of nitrogens with zero attached hydrogens (tertiary/aromatic N) is 2. The van der Waals surface area contributed by atoms with E-state index in [4.69, 9.17) is 37.8 Å². The summed E-state index contributed by atoms with van der Waals surface area (Å²) in [6, 6.07) is 8.54. The standard InChI is InChI=1S/C18H15Cl2N3O5S/c1-10-9-23(11-3-5-13(6-4-11)29(21,25)26)22-16(10)18(24)28-12-7-14(19)17(27-2)15(20)8-12/h3-9H,1-2H3,(H2,21,25,26). The van der Waals surface area contributed by atoms with Crippen molar-refractivity contribution in [3.8, 4) is 17.2 Å². The Balaban J connectivity index is 1.86. The number of hydrogen-bond acceptors (Lipinski definition) is 6. The molecule has 0 saturated heterocycles. The molecular formula is C18H15Cl2N3O5S. The van der Waals surface area contributed by atoms with Crippen molar-refractivity contribution in [2.45, 2.75) is 11.8 Å². The van der Waals surface area contributed by atoms with E-state index in [0.29, 0.717) is 11.3 Å². The summed E-state index contributed by atoms with van der Waals surface area (Å²) in [6.45, 7) is 1.69. The summed E-state index contributed by atoms with van der Waals surface area (Å²) in [5.74, 6) is -0.298. The molecule has 0 aliphatic heterocycles. The van der Waals surface area contributed by atoms with Gasteiger partial charge in [-0.15, -0.1) is 0 Å². The second-order valence-corrected chi connectivity index (χ2v) is 8.33. The van der Waals surface area contributed by atoms with E-state index in [1.165, 1.54) is 48.2 Å². The summed E-state index contributed by atoms with van der Waals surface area (Å²) in [5, 5.41) is 9.69. The van der Waals surface area contributed by atoms with Crippen LogP contribution in [0, 0.1) is 6.92 Å². The number of rotatable bonds is 5. The molecule has 0 fully saturated rings. The van der Waals surface area contributed by atoms with Gasteiger partial charge in [-0.2, -0.15) is 5.10 Å². The lowest BCUT2D eigenvalue weighted by atomic mass is 10.3. The Kier molecular flexibility index (Phi) is 5.85. The first-order valence-electron chi connectivity index (χ1n) is 8.05. The Morgan fingerprint density at radius 3 is 2.24 bits per heavy atom. The fourth-order valence-electron chi connectivity index (χ4n) is 2.53.